The molecule has 0 saturated carbocycles. The normalized spacial score (nSPS) is 21.2. The molecule has 0 aromatic heterocycles. The van der Waals surface area contributed by atoms with E-state index in [1.54, 1.807) is 17.0 Å². The van der Waals surface area contributed by atoms with Crippen LogP contribution in [0.5, 0.6) is 0 Å². The standard InChI is InChI=1S/C25H29F2N3O2/c1-3-17(2)22-24(32)30(16-18-4-8-20(26)9-5-18)25(28-22)12-14-29(15-13-25)23(31)19-6-10-21(27)11-7-19/h4-11,17,22,28H,3,12-16H2,1-2H3/t17-,22+/m1/s1. The Hall–Kier alpha value is -2.80. The molecule has 170 valence electrons. The van der Waals surface area contributed by atoms with Gasteiger partial charge in [-0.3, -0.25) is 14.9 Å². The first-order chi connectivity index (χ1) is 15.3. The summed E-state index contributed by atoms with van der Waals surface area (Å²) in [5.74, 6) is -0.578. The molecule has 2 aliphatic heterocycles. The van der Waals surface area contributed by atoms with Gasteiger partial charge in [0.05, 0.1) is 11.7 Å². The molecule has 0 unspecified atom stereocenters. The molecule has 7 heteroatoms. The third-order valence-corrected chi connectivity index (χ3v) is 6.91. The summed E-state index contributed by atoms with van der Waals surface area (Å²) in [5, 5.41) is 3.61. The lowest BCUT2D eigenvalue weighted by Crippen LogP contribution is -2.59. The predicted octanol–water partition coefficient (Wildman–Crippen LogP) is 3.94. The Bertz CT molecular complexity index is 970. The highest BCUT2D eigenvalue weighted by Crippen LogP contribution is 2.36. The van der Waals surface area contributed by atoms with E-state index in [-0.39, 0.29) is 35.4 Å². The van der Waals surface area contributed by atoms with Crippen molar-refractivity contribution in [2.75, 3.05) is 13.1 Å². The molecule has 4 rings (SSSR count). The first-order valence-electron chi connectivity index (χ1n) is 11.2. The number of rotatable bonds is 5. The first-order valence-corrected chi connectivity index (χ1v) is 11.2. The van der Waals surface area contributed by atoms with Crippen molar-refractivity contribution in [1.82, 2.24) is 15.1 Å². The number of nitrogens with zero attached hydrogens (tertiary/aromatic N) is 2. The third-order valence-electron chi connectivity index (χ3n) is 6.91. The number of halogens is 2. The molecule has 2 aromatic carbocycles. The van der Waals surface area contributed by atoms with Crippen molar-refractivity contribution in [2.24, 2.45) is 5.92 Å². The number of amides is 2. The van der Waals surface area contributed by atoms with Crippen LogP contribution in [0.1, 0.15) is 49.0 Å². The van der Waals surface area contributed by atoms with Gasteiger partial charge < -0.3 is 9.80 Å². The summed E-state index contributed by atoms with van der Waals surface area (Å²) in [6.45, 7) is 5.51. The number of likely N-dealkylation sites (tertiary alicyclic amines) is 1. The Kier molecular flexibility index (Phi) is 6.29. The van der Waals surface area contributed by atoms with E-state index in [4.69, 9.17) is 0 Å². The molecular formula is C25H29F2N3O2. The van der Waals surface area contributed by atoms with Gasteiger partial charge in [-0.05, 0) is 47.9 Å². The van der Waals surface area contributed by atoms with Crippen LogP contribution in [0.15, 0.2) is 48.5 Å². The number of piperidine rings is 1. The molecule has 5 nitrogen and oxygen atoms in total. The van der Waals surface area contributed by atoms with Gasteiger partial charge in [0, 0.05) is 38.0 Å². The zero-order valence-electron chi connectivity index (χ0n) is 18.5. The van der Waals surface area contributed by atoms with Crippen molar-refractivity contribution < 1.29 is 18.4 Å². The molecular weight excluding hydrogens is 412 g/mol. The molecule has 2 amide bonds. The van der Waals surface area contributed by atoms with Crippen LogP contribution in [0.4, 0.5) is 8.78 Å². The second-order valence-electron chi connectivity index (χ2n) is 8.89. The lowest BCUT2D eigenvalue weighted by molar-refractivity contribution is -0.134. The number of carbonyl (C=O) groups excluding carboxylic acids is 2. The number of benzene rings is 2. The lowest BCUT2D eigenvalue weighted by atomic mass is 9.94. The highest BCUT2D eigenvalue weighted by molar-refractivity contribution is 5.94. The quantitative estimate of drug-likeness (QED) is 0.765. The number of hydrogen-bond acceptors (Lipinski definition) is 3. The lowest BCUT2D eigenvalue weighted by Gasteiger charge is -2.45. The van der Waals surface area contributed by atoms with Gasteiger partial charge >= 0.3 is 0 Å². The number of hydrogen-bond donors (Lipinski definition) is 1. The second-order valence-corrected chi connectivity index (χ2v) is 8.89. The summed E-state index contributed by atoms with van der Waals surface area (Å²) >= 11 is 0. The van der Waals surface area contributed by atoms with E-state index in [2.05, 4.69) is 19.2 Å². The molecule has 0 aliphatic carbocycles. The van der Waals surface area contributed by atoms with Crippen LogP contribution in [-0.4, -0.2) is 46.4 Å². The van der Waals surface area contributed by atoms with Crippen LogP contribution in [0, 0.1) is 17.6 Å². The maximum absolute atomic E-state index is 13.4. The van der Waals surface area contributed by atoms with Gasteiger partial charge in [-0.2, -0.15) is 0 Å². The van der Waals surface area contributed by atoms with Crippen molar-refractivity contribution >= 4 is 11.8 Å². The number of nitrogens with one attached hydrogen (secondary N) is 1. The van der Waals surface area contributed by atoms with E-state index in [9.17, 15) is 18.4 Å². The third kappa shape index (κ3) is 4.26. The Morgan fingerprint density at radius 1 is 1.06 bits per heavy atom. The summed E-state index contributed by atoms with van der Waals surface area (Å²) < 4.78 is 26.6. The summed E-state index contributed by atoms with van der Waals surface area (Å²) in [7, 11) is 0. The van der Waals surface area contributed by atoms with Crippen LogP contribution >= 0.6 is 0 Å². The highest BCUT2D eigenvalue weighted by Gasteiger charge is 2.52. The van der Waals surface area contributed by atoms with Crippen LogP contribution < -0.4 is 5.32 Å². The second kappa shape index (κ2) is 8.98. The van der Waals surface area contributed by atoms with Gasteiger partial charge in [0.1, 0.15) is 11.6 Å². The van der Waals surface area contributed by atoms with Crippen molar-refractivity contribution in [2.45, 2.75) is 51.4 Å². The number of carbonyl (C=O) groups is 2. The topological polar surface area (TPSA) is 52.7 Å². The Labute approximate surface area is 187 Å². The van der Waals surface area contributed by atoms with Gasteiger partial charge in [-0.1, -0.05) is 32.4 Å². The molecule has 32 heavy (non-hydrogen) atoms. The fourth-order valence-electron chi connectivity index (χ4n) is 4.70. The average Bonchev–Trinajstić information content (AvgIpc) is 3.06. The maximum atomic E-state index is 13.4. The fourth-order valence-corrected chi connectivity index (χ4v) is 4.70. The first kappa shape index (κ1) is 22.4. The SMILES string of the molecule is CC[C@@H](C)[C@@H]1NC2(CCN(C(=O)c3ccc(F)cc3)CC2)N(Cc2ccc(F)cc2)C1=O. The molecule has 2 fully saturated rings. The van der Waals surface area contributed by atoms with Gasteiger partial charge in [-0.15, -0.1) is 0 Å². The van der Waals surface area contributed by atoms with Gasteiger partial charge in [0.25, 0.3) is 5.91 Å². The molecule has 2 saturated heterocycles. The van der Waals surface area contributed by atoms with E-state index in [1.807, 2.05) is 4.90 Å². The monoisotopic (exact) mass is 441 g/mol. The minimum Gasteiger partial charge on any atom is -0.338 e. The molecule has 2 aliphatic rings. The summed E-state index contributed by atoms with van der Waals surface area (Å²) in [4.78, 5) is 29.9. The van der Waals surface area contributed by atoms with E-state index < -0.39 is 5.66 Å². The van der Waals surface area contributed by atoms with Crippen molar-refractivity contribution in [1.29, 1.82) is 0 Å². The molecule has 1 spiro atoms. The zero-order chi connectivity index (χ0) is 22.9. The van der Waals surface area contributed by atoms with Crippen molar-refractivity contribution in [3.05, 3.63) is 71.3 Å². The van der Waals surface area contributed by atoms with Crippen LogP contribution in [0.3, 0.4) is 0 Å². The van der Waals surface area contributed by atoms with E-state index in [0.29, 0.717) is 38.0 Å². The summed E-state index contributed by atoms with van der Waals surface area (Å²) in [5.41, 5.74) is 0.785. The Morgan fingerprint density at radius 2 is 1.62 bits per heavy atom. The minimum atomic E-state index is -0.543. The van der Waals surface area contributed by atoms with Crippen LogP contribution in [0.25, 0.3) is 0 Å². The molecule has 2 heterocycles. The van der Waals surface area contributed by atoms with Crippen molar-refractivity contribution in [3.63, 3.8) is 0 Å². The Morgan fingerprint density at radius 3 is 2.19 bits per heavy atom. The Balaban J connectivity index is 1.53. The predicted molar refractivity (Wildman–Crippen MR) is 118 cm³/mol. The van der Waals surface area contributed by atoms with E-state index >= 15 is 0 Å². The molecule has 0 radical (unpaired) electrons. The maximum Gasteiger partial charge on any atom is 0.253 e. The largest absolute Gasteiger partial charge is 0.338 e. The summed E-state index contributed by atoms with van der Waals surface area (Å²) in [6, 6.07) is 11.5. The molecule has 0 bridgehead atoms. The molecule has 1 N–H and O–H groups in total. The van der Waals surface area contributed by atoms with Gasteiger partial charge in [0.2, 0.25) is 5.91 Å². The van der Waals surface area contributed by atoms with Gasteiger partial charge in [-0.25, -0.2) is 8.78 Å². The fraction of sp³-hybridized carbons (Fsp3) is 0.440. The van der Waals surface area contributed by atoms with Crippen molar-refractivity contribution in [3.8, 4) is 0 Å². The average molecular weight is 442 g/mol. The minimum absolute atomic E-state index is 0.0574. The zero-order valence-corrected chi connectivity index (χ0v) is 18.5. The summed E-state index contributed by atoms with van der Waals surface area (Å²) in [6.07, 6.45) is 2.07. The highest BCUT2D eigenvalue weighted by atomic mass is 19.1. The van der Waals surface area contributed by atoms with E-state index in [0.717, 1.165) is 12.0 Å². The van der Waals surface area contributed by atoms with Gasteiger partial charge in [0.15, 0.2) is 0 Å². The van der Waals surface area contributed by atoms with Crippen LogP contribution in [-0.2, 0) is 11.3 Å². The smallest absolute Gasteiger partial charge is 0.253 e. The molecule has 2 atom stereocenters. The molecule has 2 aromatic rings. The van der Waals surface area contributed by atoms with E-state index in [1.165, 1.54) is 36.4 Å². The van der Waals surface area contributed by atoms with Crippen LogP contribution in [0.2, 0.25) is 0 Å².